The van der Waals surface area contributed by atoms with Crippen LogP contribution in [-0.2, 0) is 7.05 Å². The molecule has 3 heterocycles. The summed E-state index contributed by atoms with van der Waals surface area (Å²) in [6.45, 7) is 1.05. The molecule has 0 radical (unpaired) electrons. The molecule has 1 aliphatic rings. The Balaban J connectivity index is 1.54. The van der Waals surface area contributed by atoms with Crippen LogP contribution in [0.25, 0.3) is 11.3 Å². The molecule has 2 aromatic heterocycles. The van der Waals surface area contributed by atoms with Crippen molar-refractivity contribution in [1.82, 2.24) is 18.8 Å². The highest BCUT2D eigenvalue weighted by Gasteiger charge is 2.35. The van der Waals surface area contributed by atoms with E-state index >= 15 is 0 Å². The minimum Gasteiger partial charge on any atom is -0.354 e. The summed E-state index contributed by atoms with van der Waals surface area (Å²) in [5.74, 6) is 0.442. The third kappa shape index (κ3) is 4.10. The first-order valence-electron chi connectivity index (χ1n) is 9.79. The number of nitrogens with zero attached hydrogens (tertiary/aromatic N) is 4. The standard InChI is InChI=1S/C21H25N5O3S/c1-25-20(27)14-19(16-9-11-22-12-10-16)24-21(25)23-15-17-6-5-13-26(17)30(28,29)18-7-3-2-4-8-18/h2-4,7-12,14,17,28-29H,5-6,13,15H2,1H3,(H,23,24)/t17-/m1/s1. The minimum atomic E-state index is -3.06. The highest BCUT2D eigenvalue weighted by molar-refractivity contribution is 8.22. The Kier molecular flexibility index (Phi) is 5.87. The van der Waals surface area contributed by atoms with E-state index < -0.39 is 10.8 Å². The Morgan fingerprint density at radius 2 is 1.90 bits per heavy atom. The van der Waals surface area contributed by atoms with Crippen LogP contribution in [0.4, 0.5) is 5.95 Å². The summed E-state index contributed by atoms with van der Waals surface area (Å²) in [5.41, 5.74) is 1.21. The van der Waals surface area contributed by atoms with Gasteiger partial charge in [0.25, 0.3) is 5.56 Å². The van der Waals surface area contributed by atoms with E-state index in [0.717, 1.165) is 18.4 Å². The van der Waals surface area contributed by atoms with Gasteiger partial charge in [-0.15, -0.1) is 10.8 Å². The number of pyridine rings is 1. The number of hydrogen-bond donors (Lipinski definition) is 3. The molecule has 8 nitrogen and oxygen atoms in total. The second kappa shape index (κ2) is 8.57. The monoisotopic (exact) mass is 427 g/mol. The Morgan fingerprint density at radius 1 is 1.17 bits per heavy atom. The zero-order valence-corrected chi connectivity index (χ0v) is 17.5. The highest BCUT2D eigenvalue weighted by Crippen LogP contribution is 2.54. The number of hydrogen-bond acceptors (Lipinski definition) is 7. The van der Waals surface area contributed by atoms with E-state index in [9.17, 15) is 13.9 Å². The summed E-state index contributed by atoms with van der Waals surface area (Å²) < 4.78 is 25.0. The Hall–Kier alpha value is -2.72. The van der Waals surface area contributed by atoms with Gasteiger partial charge in [0.1, 0.15) is 0 Å². The van der Waals surface area contributed by atoms with E-state index in [-0.39, 0.29) is 11.6 Å². The van der Waals surface area contributed by atoms with Crippen LogP contribution in [0.3, 0.4) is 0 Å². The smallest absolute Gasteiger partial charge is 0.255 e. The summed E-state index contributed by atoms with van der Waals surface area (Å²) in [5, 5.41) is 3.25. The molecule has 3 aromatic rings. The first-order valence-corrected chi connectivity index (χ1v) is 11.3. The molecule has 1 aliphatic heterocycles. The van der Waals surface area contributed by atoms with E-state index in [0.29, 0.717) is 29.6 Å². The predicted octanol–water partition coefficient (Wildman–Crippen LogP) is 3.44. The van der Waals surface area contributed by atoms with Crippen LogP contribution >= 0.6 is 10.8 Å². The van der Waals surface area contributed by atoms with E-state index in [2.05, 4.69) is 15.3 Å². The number of anilines is 1. The topological polar surface area (TPSA) is 104 Å². The van der Waals surface area contributed by atoms with Crippen molar-refractivity contribution in [3.63, 3.8) is 0 Å². The molecule has 1 atom stereocenters. The maximum absolute atomic E-state index is 12.4. The highest BCUT2D eigenvalue weighted by atomic mass is 32.3. The van der Waals surface area contributed by atoms with Crippen molar-refractivity contribution in [2.45, 2.75) is 23.8 Å². The van der Waals surface area contributed by atoms with Gasteiger partial charge in [-0.2, -0.15) is 4.31 Å². The second-order valence-electron chi connectivity index (χ2n) is 7.25. The molecule has 1 saturated heterocycles. The SMILES string of the molecule is Cn1c(NC[C@H]2CCCN2S(O)(O)c2ccccc2)nc(-c2ccncc2)cc1=O. The third-order valence-electron chi connectivity index (χ3n) is 5.32. The van der Waals surface area contributed by atoms with Crippen molar-refractivity contribution in [3.8, 4) is 11.3 Å². The van der Waals surface area contributed by atoms with Crippen molar-refractivity contribution >= 4 is 16.7 Å². The molecule has 0 spiro atoms. The number of rotatable bonds is 6. The molecule has 158 valence electrons. The van der Waals surface area contributed by atoms with E-state index in [1.165, 1.54) is 10.6 Å². The molecule has 3 N–H and O–H groups in total. The van der Waals surface area contributed by atoms with Crippen molar-refractivity contribution < 1.29 is 9.11 Å². The average molecular weight is 428 g/mol. The maximum Gasteiger partial charge on any atom is 0.255 e. The van der Waals surface area contributed by atoms with Crippen LogP contribution in [-0.4, -0.2) is 47.1 Å². The molecule has 0 amide bonds. The molecular weight excluding hydrogens is 402 g/mol. The number of benzene rings is 1. The quantitative estimate of drug-likeness (QED) is 0.554. The van der Waals surface area contributed by atoms with Gasteiger partial charge < -0.3 is 5.32 Å². The largest absolute Gasteiger partial charge is 0.354 e. The van der Waals surface area contributed by atoms with Crippen LogP contribution < -0.4 is 10.9 Å². The molecular formula is C21H25N5O3S. The van der Waals surface area contributed by atoms with Gasteiger partial charge in [0.05, 0.1) is 10.6 Å². The molecule has 0 unspecified atom stereocenters. The van der Waals surface area contributed by atoms with E-state index in [4.69, 9.17) is 0 Å². The molecule has 4 rings (SSSR count). The average Bonchev–Trinajstić information content (AvgIpc) is 3.25. The Morgan fingerprint density at radius 3 is 2.63 bits per heavy atom. The van der Waals surface area contributed by atoms with Crippen molar-refractivity contribution in [2.24, 2.45) is 7.05 Å². The summed E-state index contributed by atoms with van der Waals surface area (Å²) in [6, 6.07) is 13.9. The molecule has 30 heavy (non-hydrogen) atoms. The van der Waals surface area contributed by atoms with Crippen LogP contribution in [0.2, 0.25) is 0 Å². The first kappa shape index (κ1) is 20.5. The fourth-order valence-electron chi connectivity index (χ4n) is 3.66. The lowest BCUT2D eigenvalue weighted by atomic mass is 10.2. The van der Waals surface area contributed by atoms with Gasteiger partial charge in [0.2, 0.25) is 5.95 Å². The lowest BCUT2D eigenvalue weighted by Gasteiger charge is -2.44. The van der Waals surface area contributed by atoms with E-state index in [1.807, 2.05) is 6.07 Å². The lowest BCUT2D eigenvalue weighted by molar-refractivity contribution is 0.337. The summed E-state index contributed by atoms with van der Waals surface area (Å²) in [4.78, 5) is 21.5. The summed E-state index contributed by atoms with van der Waals surface area (Å²) in [6.07, 6.45) is 5.02. The normalized spacial score (nSPS) is 17.8. The molecule has 0 aliphatic carbocycles. The molecule has 9 heteroatoms. The van der Waals surface area contributed by atoms with Gasteiger partial charge in [-0.05, 0) is 37.1 Å². The molecule has 1 fully saturated rings. The van der Waals surface area contributed by atoms with Gasteiger partial charge >= 0.3 is 0 Å². The molecule has 0 saturated carbocycles. The van der Waals surface area contributed by atoms with Gasteiger partial charge in [0.15, 0.2) is 0 Å². The fraction of sp³-hybridized carbons (Fsp3) is 0.286. The van der Waals surface area contributed by atoms with Gasteiger partial charge in [0, 0.05) is 50.2 Å². The first-order chi connectivity index (χ1) is 14.5. The number of aromatic nitrogens is 3. The zero-order chi connectivity index (χ0) is 21.1. The Labute approximate surface area is 176 Å². The van der Waals surface area contributed by atoms with Crippen LogP contribution in [0, 0.1) is 0 Å². The lowest BCUT2D eigenvalue weighted by Crippen LogP contribution is -2.38. The Bertz CT molecular complexity index is 1060. The summed E-state index contributed by atoms with van der Waals surface area (Å²) in [7, 11) is -1.40. The maximum atomic E-state index is 12.4. The number of nitrogens with one attached hydrogen (secondary N) is 1. The minimum absolute atomic E-state index is 0.0864. The van der Waals surface area contributed by atoms with Crippen molar-refractivity contribution in [3.05, 3.63) is 71.3 Å². The van der Waals surface area contributed by atoms with Crippen LogP contribution in [0.1, 0.15) is 12.8 Å². The van der Waals surface area contributed by atoms with Gasteiger partial charge in [-0.1, -0.05) is 18.2 Å². The van der Waals surface area contributed by atoms with Crippen molar-refractivity contribution in [2.75, 3.05) is 18.4 Å². The van der Waals surface area contributed by atoms with Gasteiger partial charge in [-0.3, -0.25) is 23.5 Å². The summed E-state index contributed by atoms with van der Waals surface area (Å²) >= 11 is 0. The fourth-order valence-corrected chi connectivity index (χ4v) is 5.44. The zero-order valence-electron chi connectivity index (χ0n) is 16.7. The predicted molar refractivity (Wildman–Crippen MR) is 118 cm³/mol. The second-order valence-corrected chi connectivity index (χ2v) is 9.23. The van der Waals surface area contributed by atoms with Crippen LogP contribution in [0.15, 0.2) is 70.6 Å². The molecule has 0 bridgehead atoms. The molecule has 1 aromatic carbocycles. The third-order valence-corrected chi connectivity index (χ3v) is 7.36. The van der Waals surface area contributed by atoms with Crippen LogP contribution in [0.5, 0.6) is 0 Å². The van der Waals surface area contributed by atoms with Gasteiger partial charge in [-0.25, -0.2) is 4.98 Å². The van der Waals surface area contributed by atoms with Crippen molar-refractivity contribution in [1.29, 1.82) is 0 Å². The van der Waals surface area contributed by atoms with E-state index in [1.54, 1.807) is 60.1 Å².